The minimum atomic E-state index is -3.42. The average Bonchev–Trinajstić information content (AvgIpc) is 3.32. The van der Waals surface area contributed by atoms with Gasteiger partial charge in [0.05, 0.1) is 17.5 Å². The Bertz CT molecular complexity index is 854. The molecule has 0 unspecified atom stereocenters. The molecule has 1 aliphatic carbocycles. The monoisotopic (exact) mass is 393 g/mol. The molecule has 2 aromatic rings. The molecule has 0 N–H and O–H groups in total. The van der Waals surface area contributed by atoms with E-state index in [4.69, 9.17) is 4.74 Å². The van der Waals surface area contributed by atoms with Gasteiger partial charge in [0, 0.05) is 19.1 Å². The molecule has 8 heteroatoms. The first-order valence-corrected chi connectivity index (χ1v) is 11.4. The van der Waals surface area contributed by atoms with E-state index < -0.39 is 9.84 Å². The van der Waals surface area contributed by atoms with Crippen LogP contribution < -0.4 is 4.74 Å². The highest BCUT2D eigenvalue weighted by Crippen LogP contribution is 2.41. The maximum Gasteiger partial charge on any atom is 0.265 e. The fraction of sp³-hybridized carbons (Fsp3) is 0.556. The second kappa shape index (κ2) is 7.25. The molecule has 1 aromatic carbocycles. The van der Waals surface area contributed by atoms with Crippen molar-refractivity contribution in [3.63, 3.8) is 0 Å². The van der Waals surface area contributed by atoms with E-state index in [0.29, 0.717) is 18.4 Å². The number of hydrogen-bond acceptors (Lipinski definition) is 7. The first kappa shape index (κ1) is 17.9. The number of sulfone groups is 1. The molecule has 1 aromatic heterocycles. The molecule has 2 heterocycles. The molecular formula is C18H23N3O3S2. The van der Waals surface area contributed by atoms with Crippen LogP contribution in [0.5, 0.6) is 5.88 Å². The van der Waals surface area contributed by atoms with Crippen LogP contribution in [0.4, 0.5) is 0 Å². The van der Waals surface area contributed by atoms with Crippen LogP contribution in [0.25, 0.3) is 0 Å². The predicted molar refractivity (Wildman–Crippen MR) is 100 cm³/mol. The summed E-state index contributed by atoms with van der Waals surface area (Å²) in [5.74, 6) is 0.877. The summed E-state index contributed by atoms with van der Waals surface area (Å²) >= 11 is 0.908. The van der Waals surface area contributed by atoms with Crippen LogP contribution in [0.2, 0.25) is 0 Å². The quantitative estimate of drug-likeness (QED) is 0.720. The van der Waals surface area contributed by atoms with Crippen LogP contribution in [0.15, 0.2) is 35.4 Å². The molecule has 2 bridgehead atoms. The largest absolute Gasteiger partial charge is 0.470 e. The van der Waals surface area contributed by atoms with Crippen molar-refractivity contribution in [2.45, 2.75) is 49.9 Å². The predicted octanol–water partition coefficient (Wildman–Crippen LogP) is 2.76. The normalized spacial score (nSPS) is 25.7. The SMILES string of the molecule is CCCS(=O)(=O)c1nsnc1O[C@@H]1C[C@@H]2C[C@H]1N(Cc1ccccc1)C2. The van der Waals surface area contributed by atoms with Crippen LogP contribution in [-0.2, 0) is 16.4 Å². The zero-order chi connectivity index (χ0) is 18.1. The van der Waals surface area contributed by atoms with Gasteiger partial charge in [-0.05, 0) is 30.7 Å². The van der Waals surface area contributed by atoms with E-state index in [1.54, 1.807) is 0 Å². The number of rotatable bonds is 7. The van der Waals surface area contributed by atoms with Gasteiger partial charge in [-0.25, -0.2) is 8.42 Å². The van der Waals surface area contributed by atoms with Crippen molar-refractivity contribution < 1.29 is 13.2 Å². The zero-order valence-electron chi connectivity index (χ0n) is 14.7. The van der Waals surface area contributed by atoms with Gasteiger partial charge in [-0.3, -0.25) is 4.90 Å². The topological polar surface area (TPSA) is 72.4 Å². The third-order valence-corrected chi connectivity index (χ3v) is 7.65. The standard InChI is InChI=1S/C18H23N3O3S2/c1-2-8-26(22,23)18-17(19-25-20-18)24-16-10-14-9-15(16)21(12-14)11-13-6-4-3-5-7-13/h3-7,14-16H,2,8-12H2,1H3/t14-,15+,16+/m0/s1. The van der Waals surface area contributed by atoms with E-state index in [1.807, 2.05) is 13.0 Å². The molecule has 2 fully saturated rings. The van der Waals surface area contributed by atoms with Crippen molar-refractivity contribution in [1.29, 1.82) is 0 Å². The highest BCUT2D eigenvalue weighted by atomic mass is 32.2. The van der Waals surface area contributed by atoms with Gasteiger partial charge >= 0.3 is 0 Å². The van der Waals surface area contributed by atoms with Gasteiger partial charge in [0.15, 0.2) is 0 Å². The van der Waals surface area contributed by atoms with Crippen LogP contribution >= 0.6 is 11.7 Å². The summed E-state index contributed by atoms with van der Waals surface area (Å²) < 4.78 is 39.0. The molecule has 1 saturated heterocycles. The second-order valence-electron chi connectivity index (χ2n) is 7.17. The van der Waals surface area contributed by atoms with E-state index in [1.165, 1.54) is 5.56 Å². The number of fused-ring (bicyclic) bond motifs is 2. The number of hydrogen-bond donors (Lipinski definition) is 0. The highest BCUT2D eigenvalue weighted by molar-refractivity contribution is 7.91. The highest BCUT2D eigenvalue weighted by Gasteiger charge is 2.46. The Morgan fingerprint density at radius 1 is 1.23 bits per heavy atom. The van der Waals surface area contributed by atoms with Gasteiger partial charge in [0.2, 0.25) is 14.9 Å². The summed E-state index contributed by atoms with van der Waals surface area (Å²) in [6.45, 7) is 3.82. The summed E-state index contributed by atoms with van der Waals surface area (Å²) in [6.07, 6.45) is 2.60. The lowest BCUT2D eigenvalue weighted by Crippen LogP contribution is -2.43. The molecule has 1 saturated carbocycles. The Morgan fingerprint density at radius 2 is 2.04 bits per heavy atom. The summed E-state index contributed by atoms with van der Waals surface area (Å²) in [7, 11) is -3.42. The third kappa shape index (κ3) is 3.50. The minimum absolute atomic E-state index is 0.0155. The van der Waals surface area contributed by atoms with Crippen molar-refractivity contribution in [1.82, 2.24) is 13.6 Å². The van der Waals surface area contributed by atoms with Crippen molar-refractivity contribution in [2.24, 2.45) is 5.92 Å². The van der Waals surface area contributed by atoms with Gasteiger partial charge in [-0.2, -0.15) is 4.37 Å². The fourth-order valence-corrected chi connectivity index (χ4v) is 6.24. The fourth-order valence-electron chi connectivity index (χ4n) is 4.15. The van der Waals surface area contributed by atoms with E-state index in [0.717, 1.165) is 37.7 Å². The molecule has 140 valence electrons. The molecule has 26 heavy (non-hydrogen) atoms. The second-order valence-corrected chi connectivity index (χ2v) is 9.72. The number of ether oxygens (including phenoxy) is 1. The summed E-state index contributed by atoms with van der Waals surface area (Å²) in [5.41, 5.74) is 1.29. The third-order valence-electron chi connectivity index (χ3n) is 5.22. The molecule has 0 spiro atoms. The first-order valence-electron chi connectivity index (χ1n) is 9.06. The van der Waals surface area contributed by atoms with Crippen LogP contribution in [0.3, 0.4) is 0 Å². The van der Waals surface area contributed by atoms with E-state index in [2.05, 4.69) is 37.9 Å². The Kier molecular flexibility index (Phi) is 4.98. The van der Waals surface area contributed by atoms with Crippen LogP contribution in [-0.4, -0.2) is 46.5 Å². The van der Waals surface area contributed by atoms with Crippen LogP contribution in [0.1, 0.15) is 31.7 Å². The van der Waals surface area contributed by atoms with E-state index >= 15 is 0 Å². The molecule has 3 atom stereocenters. The molecule has 1 aliphatic heterocycles. The molecular weight excluding hydrogens is 370 g/mol. The number of nitrogens with zero attached hydrogens (tertiary/aromatic N) is 3. The molecule has 2 aliphatic rings. The molecule has 4 rings (SSSR count). The molecule has 0 radical (unpaired) electrons. The van der Waals surface area contributed by atoms with Gasteiger partial charge < -0.3 is 4.74 Å². The lowest BCUT2D eigenvalue weighted by molar-refractivity contribution is 0.0652. The maximum absolute atomic E-state index is 12.4. The van der Waals surface area contributed by atoms with Crippen LogP contribution in [0, 0.1) is 5.92 Å². The van der Waals surface area contributed by atoms with Gasteiger partial charge in [-0.15, -0.1) is 4.37 Å². The number of benzene rings is 1. The summed E-state index contributed by atoms with van der Waals surface area (Å²) in [5, 5.41) is 0.0155. The Labute approximate surface area is 158 Å². The lowest BCUT2D eigenvalue weighted by Gasteiger charge is -2.32. The van der Waals surface area contributed by atoms with Crippen molar-refractivity contribution in [3.8, 4) is 5.88 Å². The average molecular weight is 394 g/mol. The van der Waals surface area contributed by atoms with Gasteiger partial charge in [0.1, 0.15) is 6.10 Å². The number of likely N-dealkylation sites (tertiary alicyclic amines) is 1. The van der Waals surface area contributed by atoms with Crippen molar-refractivity contribution >= 4 is 21.6 Å². The van der Waals surface area contributed by atoms with Gasteiger partial charge in [-0.1, -0.05) is 37.3 Å². The summed E-state index contributed by atoms with van der Waals surface area (Å²) in [4.78, 5) is 2.45. The smallest absolute Gasteiger partial charge is 0.265 e. The lowest BCUT2D eigenvalue weighted by atomic mass is 10.1. The summed E-state index contributed by atoms with van der Waals surface area (Å²) in [6, 6.07) is 10.7. The van der Waals surface area contributed by atoms with E-state index in [9.17, 15) is 8.42 Å². The first-order chi connectivity index (χ1) is 12.6. The number of piperidine rings is 1. The Hall–Kier alpha value is -1.51. The number of aromatic nitrogens is 2. The van der Waals surface area contributed by atoms with Gasteiger partial charge in [0.25, 0.3) is 5.88 Å². The van der Waals surface area contributed by atoms with E-state index in [-0.39, 0.29) is 22.8 Å². The Morgan fingerprint density at radius 3 is 2.77 bits per heavy atom. The van der Waals surface area contributed by atoms with Crippen molar-refractivity contribution in [2.75, 3.05) is 12.3 Å². The molecule has 0 amide bonds. The Balaban J connectivity index is 1.48. The molecule has 6 nitrogen and oxygen atoms in total. The minimum Gasteiger partial charge on any atom is -0.470 e. The maximum atomic E-state index is 12.4. The zero-order valence-corrected chi connectivity index (χ0v) is 16.4. The van der Waals surface area contributed by atoms with Crippen molar-refractivity contribution in [3.05, 3.63) is 35.9 Å².